The molecule has 3 aliphatic rings. The Kier molecular flexibility index (Phi) is 3.84. The summed E-state index contributed by atoms with van der Waals surface area (Å²) in [6.07, 6.45) is -0.0893. The molecule has 0 bridgehead atoms. The molecule has 3 aliphatic carbocycles. The van der Waals surface area contributed by atoms with Crippen molar-refractivity contribution in [1.82, 2.24) is 0 Å². The molecule has 0 aliphatic heterocycles. The van der Waals surface area contributed by atoms with Crippen LogP contribution >= 0.6 is 0 Å². The largest absolute Gasteiger partial charge is 0.507 e. The highest BCUT2D eigenvalue weighted by Crippen LogP contribution is 2.53. The Morgan fingerprint density at radius 1 is 1.14 bits per heavy atom. The molecule has 146 valence electrons. The van der Waals surface area contributed by atoms with Crippen LogP contribution in [0.2, 0.25) is 0 Å². The lowest BCUT2D eigenvalue weighted by atomic mass is 9.52. The summed E-state index contributed by atoms with van der Waals surface area (Å²) in [6, 6.07) is 4.30. The number of hydrogen-bond donors (Lipinski definition) is 3. The van der Waals surface area contributed by atoms with Crippen molar-refractivity contribution < 1.29 is 34.2 Å². The highest BCUT2D eigenvalue weighted by atomic mass is 16.3. The molecule has 6 atom stereocenters. The van der Waals surface area contributed by atoms with Gasteiger partial charge in [0.05, 0.1) is 23.0 Å². The smallest absolute Gasteiger partial charge is 0.235 e. The van der Waals surface area contributed by atoms with E-state index in [9.17, 15) is 34.2 Å². The van der Waals surface area contributed by atoms with Gasteiger partial charge in [-0.1, -0.05) is 12.1 Å². The SMILES string of the molecule is CC1(O)c2cccc(O)c2C(=O)C2C(=O)C3C(=O)C(C(N)=O)C(=O)CC3CC21. The van der Waals surface area contributed by atoms with Crippen LogP contribution in [0.5, 0.6) is 5.75 Å². The minimum atomic E-state index is -1.68. The quantitative estimate of drug-likeness (QED) is 0.570. The Morgan fingerprint density at radius 3 is 2.46 bits per heavy atom. The molecule has 0 spiro atoms. The number of phenolic OH excluding ortho intramolecular Hbond substituents is 1. The third-order valence-electron chi connectivity index (χ3n) is 6.54. The van der Waals surface area contributed by atoms with Gasteiger partial charge in [-0.05, 0) is 30.9 Å². The molecule has 2 saturated carbocycles. The molecular weight excluding hydrogens is 366 g/mol. The monoisotopic (exact) mass is 385 g/mol. The first-order chi connectivity index (χ1) is 13.1. The first-order valence-electron chi connectivity index (χ1n) is 9.05. The van der Waals surface area contributed by atoms with Gasteiger partial charge in [0.15, 0.2) is 29.1 Å². The topological polar surface area (TPSA) is 152 Å². The van der Waals surface area contributed by atoms with E-state index >= 15 is 0 Å². The normalized spacial score (nSPS) is 37.1. The van der Waals surface area contributed by atoms with Crippen molar-refractivity contribution in [1.29, 1.82) is 0 Å². The number of fused-ring (bicyclic) bond motifs is 3. The predicted molar refractivity (Wildman–Crippen MR) is 92.9 cm³/mol. The third kappa shape index (κ3) is 2.24. The number of nitrogens with two attached hydrogens (primary N) is 1. The van der Waals surface area contributed by atoms with Gasteiger partial charge in [0.2, 0.25) is 5.91 Å². The molecule has 6 unspecified atom stereocenters. The van der Waals surface area contributed by atoms with Crippen LogP contribution in [-0.2, 0) is 24.8 Å². The first-order valence-corrected chi connectivity index (χ1v) is 9.05. The van der Waals surface area contributed by atoms with Gasteiger partial charge in [-0.25, -0.2) is 0 Å². The summed E-state index contributed by atoms with van der Waals surface area (Å²) in [5.41, 5.74) is 3.64. The van der Waals surface area contributed by atoms with Crippen molar-refractivity contribution in [3.8, 4) is 5.75 Å². The fourth-order valence-electron chi connectivity index (χ4n) is 5.25. The summed E-state index contributed by atoms with van der Waals surface area (Å²) >= 11 is 0. The van der Waals surface area contributed by atoms with Gasteiger partial charge < -0.3 is 15.9 Å². The van der Waals surface area contributed by atoms with Gasteiger partial charge in [-0.2, -0.15) is 0 Å². The molecule has 0 aromatic heterocycles. The Balaban J connectivity index is 1.84. The fraction of sp³-hybridized carbons (Fsp3) is 0.450. The molecule has 1 aromatic carbocycles. The van der Waals surface area contributed by atoms with Crippen molar-refractivity contribution >= 4 is 29.0 Å². The lowest BCUT2D eigenvalue weighted by molar-refractivity contribution is -0.157. The zero-order chi connectivity index (χ0) is 20.5. The zero-order valence-corrected chi connectivity index (χ0v) is 15.0. The van der Waals surface area contributed by atoms with Crippen LogP contribution in [0.1, 0.15) is 35.7 Å². The molecule has 1 amide bonds. The lowest BCUT2D eigenvalue weighted by Gasteiger charge is -2.49. The van der Waals surface area contributed by atoms with Crippen LogP contribution in [0.25, 0.3) is 0 Å². The second-order valence-corrected chi connectivity index (χ2v) is 8.08. The van der Waals surface area contributed by atoms with Crippen molar-refractivity contribution in [2.45, 2.75) is 25.4 Å². The number of aromatic hydroxyl groups is 1. The molecule has 28 heavy (non-hydrogen) atoms. The van der Waals surface area contributed by atoms with Gasteiger partial charge >= 0.3 is 0 Å². The summed E-state index contributed by atoms with van der Waals surface area (Å²) in [5, 5.41) is 21.3. The molecule has 4 N–H and O–H groups in total. The van der Waals surface area contributed by atoms with Gasteiger partial charge in [0, 0.05) is 12.3 Å². The lowest BCUT2D eigenvalue weighted by Crippen LogP contribution is -2.60. The van der Waals surface area contributed by atoms with Crippen molar-refractivity contribution in [3.05, 3.63) is 29.3 Å². The molecule has 0 radical (unpaired) electrons. The van der Waals surface area contributed by atoms with Crippen LogP contribution < -0.4 is 5.73 Å². The van der Waals surface area contributed by atoms with E-state index in [0.29, 0.717) is 0 Å². The Morgan fingerprint density at radius 2 is 1.82 bits per heavy atom. The van der Waals surface area contributed by atoms with Gasteiger partial charge in [0.25, 0.3) is 0 Å². The zero-order valence-electron chi connectivity index (χ0n) is 15.0. The summed E-state index contributed by atoms with van der Waals surface area (Å²) in [6.45, 7) is 1.46. The van der Waals surface area contributed by atoms with Crippen LogP contribution in [0, 0.1) is 29.6 Å². The number of aliphatic hydroxyl groups is 1. The van der Waals surface area contributed by atoms with E-state index in [-0.39, 0.29) is 29.7 Å². The molecular formula is C20H19NO7. The Hall–Kier alpha value is -2.87. The standard InChI is InChI=1S/C20H19NO7/c1-20(28)8-3-2-4-10(22)13(8)18(26)14-9(20)5-7-6-11(23)15(19(21)27)17(25)12(7)16(14)24/h2-4,7,9,12,14-15,22,28H,5-6H2,1H3,(H2,21,27). The maximum absolute atomic E-state index is 13.2. The highest BCUT2D eigenvalue weighted by molar-refractivity contribution is 6.27. The Bertz CT molecular complexity index is 963. The minimum Gasteiger partial charge on any atom is -0.507 e. The molecule has 0 saturated heterocycles. The number of hydrogen-bond acceptors (Lipinski definition) is 7. The average Bonchev–Trinajstić information content (AvgIpc) is 2.58. The minimum absolute atomic E-state index is 0.0951. The molecule has 8 heteroatoms. The number of Topliss-reactive ketones (excluding diaryl/α,β-unsaturated/α-hetero) is 4. The van der Waals surface area contributed by atoms with Crippen molar-refractivity contribution in [3.63, 3.8) is 0 Å². The number of amides is 1. The molecule has 8 nitrogen and oxygen atoms in total. The molecule has 4 rings (SSSR count). The summed E-state index contributed by atoms with van der Waals surface area (Å²) in [4.78, 5) is 62.8. The molecule has 0 heterocycles. The summed E-state index contributed by atoms with van der Waals surface area (Å²) in [5.74, 6) is -10.2. The van der Waals surface area contributed by atoms with Crippen LogP contribution in [0.15, 0.2) is 18.2 Å². The maximum Gasteiger partial charge on any atom is 0.235 e. The van der Waals surface area contributed by atoms with E-state index in [1.165, 1.54) is 25.1 Å². The fourth-order valence-corrected chi connectivity index (χ4v) is 5.25. The van der Waals surface area contributed by atoms with Crippen LogP contribution in [-0.4, -0.2) is 39.3 Å². The van der Waals surface area contributed by atoms with Crippen LogP contribution in [0.4, 0.5) is 0 Å². The summed E-state index contributed by atoms with van der Waals surface area (Å²) < 4.78 is 0. The second-order valence-electron chi connectivity index (χ2n) is 8.08. The van der Waals surface area contributed by atoms with Gasteiger partial charge in [-0.15, -0.1) is 0 Å². The van der Waals surface area contributed by atoms with Crippen molar-refractivity contribution in [2.24, 2.45) is 35.3 Å². The van der Waals surface area contributed by atoms with E-state index in [2.05, 4.69) is 0 Å². The van der Waals surface area contributed by atoms with E-state index in [1.54, 1.807) is 0 Å². The maximum atomic E-state index is 13.2. The number of carbonyl (C=O) groups excluding carboxylic acids is 5. The number of phenols is 1. The van der Waals surface area contributed by atoms with Crippen LogP contribution in [0.3, 0.4) is 0 Å². The van der Waals surface area contributed by atoms with Gasteiger partial charge in [0.1, 0.15) is 5.75 Å². The number of benzene rings is 1. The first kappa shape index (κ1) is 18.5. The molecule has 1 aromatic rings. The number of primary amides is 1. The second kappa shape index (κ2) is 5.81. The average molecular weight is 385 g/mol. The number of carbonyl (C=O) groups is 5. The van der Waals surface area contributed by atoms with E-state index < -0.39 is 64.2 Å². The van der Waals surface area contributed by atoms with Gasteiger partial charge in [-0.3, -0.25) is 24.0 Å². The van der Waals surface area contributed by atoms with E-state index in [0.717, 1.165) is 0 Å². The Labute approximate surface area is 159 Å². The third-order valence-corrected chi connectivity index (χ3v) is 6.54. The highest BCUT2D eigenvalue weighted by Gasteiger charge is 2.61. The number of rotatable bonds is 1. The van der Waals surface area contributed by atoms with E-state index in [1.807, 2.05) is 0 Å². The van der Waals surface area contributed by atoms with Crippen molar-refractivity contribution in [2.75, 3.05) is 0 Å². The summed E-state index contributed by atoms with van der Waals surface area (Å²) in [7, 11) is 0. The molecule has 2 fully saturated rings. The van der Waals surface area contributed by atoms with E-state index in [4.69, 9.17) is 5.73 Å². The number of ketones is 4. The predicted octanol–water partition coefficient (Wildman–Crippen LogP) is -0.123.